The molecule has 1 nitrogen and oxygen atoms in total. The van der Waals surface area contributed by atoms with Crippen molar-refractivity contribution in [1.29, 1.82) is 0 Å². The van der Waals surface area contributed by atoms with Gasteiger partial charge in [0.05, 0.1) is 16.1 Å². The number of halogens is 2. The van der Waals surface area contributed by atoms with Gasteiger partial charge in [0.1, 0.15) is 0 Å². The molecule has 0 saturated heterocycles. The second kappa shape index (κ2) is 5.16. The van der Waals surface area contributed by atoms with Crippen LogP contribution in [0.3, 0.4) is 0 Å². The number of aliphatic hydroxyl groups is 1. The molecule has 1 saturated carbocycles. The highest BCUT2D eigenvalue weighted by Crippen LogP contribution is 2.54. The average molecular weight is 293 g/mol. The Morgan fingerprint density at radius 3 is 2.42 bits per heavy atom. The maximum Gasteiger partial charge on any atom is 0.0824 e. The molecule has 1 aliphatic rings. The van der Waals surface area contributed by atoms with E-state index < -0.39 is 6.10 Å². The van der Waals surface area contributed by atoms with Crippen molar-refractivity contribution < 1.29 is 5.11 Å². The quantitative estimate of drug-likeness (QED) is 0.859. The number of aliphatic hydroxyl groups excluding tert-OH is 1. The van der Waals surface area contributed by atoms with E-state index >= 15 is 0 Å². The van der Waals surface area contributed by atoms with Gasteiger partial charge in [0.25, 0.3) is 0 Å². The predicted octanol–water partition coefficient (Wildman–Crippen LogP) is 4.83. The zero-order valence-corrected chi connectivity index (χ0v) is 11.8. The fourth-order valence-corrected chi connectivity index (χ4v) is 2.90. The summed E-state index contributed by atoms with van der Waals surface area (Å²) in [6.07, 6.45) is 0.547. The smallest absolute Gasteiger partial charge is 0.0824 e. The van der Waals surface area contributed by atoms with Gasteiger partial charge in [-0.3, -0.25) is 0 Å². The van der Waals surface area contributed by atoms with Crippen LogP contribution in [0.4, 0.5) is 0 Å². The second-order valence-corrected chi connectivity index (χ2v) is 5.85. The summed E-state index contributed by atoms with van der Waals surface area (Å²) in [7, 11) is 0. The normalized spacial score (nSPS) is 23.1. The van der Waals surface area contributed by atoms with Gasteiger partial charge in [-0.15, -0.1) is 0 Å². The first-order valence-electron chi connectivity index (χ1n) is 6.35. The fourth-order valence-electron chi connectivity index (χ4n) is 2.59. The summed E-state index contributed by atoms with van der Waals surface area (Å²) >= 11 is 11.9. The largest absolute Gasteiger partial charge is 0.388 e. The number of benzene rings is 2. The highest BCUT2D eigenvalue weighted by atomic mass is 35.5. The van der Waals surface area contributed by atoms with E-state index in [1.807, 2.05) is 24.3 Å². The molecule has 3 rings (SSSR count). The highest BCUT2D eigenvalue weighted by Gasteiger charge is 2.43. The van der Waals surface area contributed by atoms with Gasteiger partial charge in [-0.25, -0.2) is 0 Å². The second-order valence-electron chi connectivity index (χ2n) is 5.04. The minimum atomic E-state index is -0.472. The van der Waals surface area contributed by atoms with E-state index in [9.17, 15) is 5.11 Å². The van der Waals surface area contributed by atoms with E-state index in [-0.39, 0.29) is 5.92 Å². The Morgan fingerprint density at radius 2 is 1.74 bits per heavy atom. The van der Waals surface area contributed by atoms with Crippen LogP contribution in [0.2, 0.25) is 10.0 Å². The molecule has 0 radical (unpaired) electrons. The molecule has 0 spiro atoms. The van der Waals surface area contributed by atoms with Crippen LogP contribution in [-0.2, 0) is 0 Å². The first-order chi connectivity index (χ1) is 9.16. The van der Waals surface area contributed by atoms with Crippen molar-refractivity contribution in [2.24, 2.45) is 5.92 Å². The molecule has 0 aliphatic heterocycles. The van der Waals surface area contributed by atoms with E-state index in [1.165, 1.54) is 5.56 Å². The Kier molecular flexibility index (Phi) is 3.53. The van der Waals surface area contributed by atoms with Crippen molar-refractivity contribution in [1.82, 2.24) is 0 Å². The first-order valence-corrected chi connectivity index (χ1v) is 7.10. The van der Waals surface area contributed by atoms with Crippen molar-refractivity contribution >= 4 is 23.2 Å². The monoisotopic (exact) mass is 292 g/mol. The molecule has 0 bridgehead atoms. The molecule has 19 heavy (non-hydrogen) atoms. The standard InChI is InChI=1S/C16H14Cl2O/c17-14-7-6-11(8-15(14)18)16(19)13-9-12(13)10-4-2-1-3-5-10/h1-8,12-13,16,19H,9H2. The molecule has 1 fully saturated rings. The molecule has 98 valence electrons. The van der Waals surface area contributed by atoms with Crippen molar-refractivity contribution in [3.05, 3.63) is 69.7 Å². The molecule has 0 aromatic heterocycles. The Balaban J connectivity index is 1.76. The predicted molar refractivity (Wildman–Crippen MR) is 78.7 cm³/mol. The number of hydrogen-bond donors (Lipinski definition) is 1. The minimum Gasteiger partial charge on any atom is -0.388 e. The molecule has 0 amide bonds. The van der Waals surface area contributed by atoms with Crippen LogP contribution in [0.1, 0.15) is 29.6 Å². The lowest BCUT2D eigenvalue weighted by Crippen LogP contribution is -2.01. The van der Waals surface area contributed by atoms with E-state index in [4.69, 9.17) is 23.2 Å². The summed E-state index contributed by atoms with van der Waals surface area (Å²) in [5, 5.41) is 11.4. The molecule has 1 N–H and O–H groups in total. The molecule has 0 heterocycles. The third-order valence-corrected chi connectivity index (χ3v) is 4.50. The van der Waals surface area contributed by atoms with E-state index in [2.05, 4.69) is 12.1 Å². The minimum absolute atomic E-state index is 0.277. The van der Waals surface area contributed by atoms with Gasteiger partial charge in [0.15, 0.2) is 0 Å². The van der Waals surface area contributed by atoms with E-state index in [0.717, 1.165) is 12.0 Å². The van der Waals surface area contributed by atoms with Crippen LogP contribution in [0.5, 0.6) is 0 Å². The van der Waals surface area contributed by atoms with Crippen LogP contribution in [0.15, 0.2) is 48.5 Å². The van der Waals surface area contributed by atoms with E-state index in [0.29, 0.717) is 16.0 Å². The number of hydrogen-bond acceptors (Lipinski definition) is 1. The van der Waals surface area contributed by atoms with Gasteiger partial charge in [-0.05, 0) is 41.5 Å². The summed E-state index contributed by atoms with van der Waals surface area (Å²) < 4.78 is 0. The van der Waals surface area contributed by atoms with Gasteiger partial charge in [-0.2, -0.15) is 0 Å². The fraction of sp³-hybridized carbons (Fsp3) is 0.250. The summed E-state index contributed by atoms with van der Waals surface area (Å²) in [5.41, 5.74) is 2.14. The topological polar surface area (TPSA) is 20.2 Å². The molecule has 3 unspecified atom stereocenters. The SMILES string of the molecule is OC(c1ccc(Cl)c(Cl)c1)C1CC1c1ccccc1. The van der Waals surface area contributed by atoms with Gasteiger partial charge in [-0.1, -0.05) is 59.6 Å². The Labute approximate surface area is 122 Å². The lowest BCUT2D eigenvalue weighted by atomic mass is 10.0. The summed E-state index contributed by atoms with van der Waals surface area (Å²) in [6.45, 7) is 0. The third-order valence-electron chi connectivity index (χ3n) is 3.76. The van der Waals surface area contributed by atoms with Crippen LogP contribution in [0.25, 0.3) is 0 Å². The molecule has 1 aliphatic carbocycles. The van der Waals surface area contributed by atoms with Gasteiger partial charge in [0, 0.05) is 0 Å². The first kappa shape index (κ1) is 13.0. The maximum absolute atomic E-state index is 10.4. The Hall–Kier alpha value is -1.02. The van der Waals surface area contributed by atoms with Crippen LogP contribution in [-0.4, -0.2) is 5.11 Å². The zero-order valence-electron chi connectivity index (χ0n) is 10.3. The molecule has 2 aromatic rings. The Bertz CT molecular complexity index is 583. The summed E-state index contributed by atoms with van der Waals surface area (Å²) in [5.74, 6) is 0.727. The van der Waals surface area contributed by atoms with Gasteiger partial charge < -0.3 is 5.11 Å². The van der Waals surface area contributed by atoms with Crippen LogP contribution in [0, 0.1) is 5.92 Å². The van der Waals surface area contributed by atoms with E-state index in [1.54, 1.807) is 12.1 Å². The zero-order chi connectivity index (χ0) is 13.4. The molecule has 2 aromatic carbocycles. The van der Waals surface area contributed by atoms with Crippen molar-refractivity contribution in [2.75, 3.05) is 0 Å². The third kappa shape index (κ3) is 2.64. The summed E-state index contributed by atoms with van der Waals surface area (Å²) in [4.78, 5) is 0. The lowest BCUT2D eigenvalue weighted by molar-refractivity contribution is 0.151. The molecular formula is C16H14Cl2O. The van der Waals surface area contributed by atoms with Crippen molar-refractivity contribution in [2.45, 2.75) is 18.4 Å². The van der Waals surface area contributed by atoms with Gasteiger partial charge >= 0.3 is 0 Å². The highest BCUT2D eigenvalue weighted by molar-refractivity contribution is 6.42. The Morgan fingerprint density at radius 1 is 1.00 bits per heavy atom. The van der Waals surface area contributed by atoms with Crippen LogP contribution >= 0.6 is 23.2 Å². The van der Waals surface area contributed by atoms with Crippen LogP contribution < -0.4 is 0 Å². The van der Waals surface area contributed by atoms with Crippen molar-refractivity contribution in [3.8, 4) is 0 Å². The summed E-state index contributed by atoms with van der Waals surface area (Å²) in [6, 6.07) is 15.7. The maximum atomic E-state index is 10.4. The van der Waals surface area contributed by atoms with Gasteiger partial charge in [0.2, 0.25) is 0 Å². The molecule has 3 heteroatoms. The van der Waals surface area contributed by atoms with Crippen molar-refractivity contribution in [3.63, 3.8) is 0 Å². The number of rotatable bonds is 3. The molecule has 3 atom stereocenters. The lowest BCUT2D eigenvalue weighted by Gasteiger charge is -2.12. The average Bonchev–Trinajstić information content (AvgIpc) is 3.22. The molecular weight excluding hydrogens is 279 g/mol.